The lowest BCUT2D eigenvalue weighted by molar-refractivity contribution is -0.117. The molecule has 0 saturated heterocycles. The quantitative estimate of drug-likeness (QED) is 0.371. The summed E-state index contributed by atoms with van der Waals surface area (Å²) in [5.41, 5.74) is -0.379. The molecular weight excluding hydrogens is 351 g/mol. The Hall–Kier alpha value is -1.63. The molecule has 1 fully saturated rings. The van der Waals surface area contributed by atoms with E-state index in [1.165, 1.54) is 0 Å². The fraction of sp³-hybridized carbons (Fsp3) is 0.286. The van der Waals surface area contributed by atoms with Crippen LogP contribution < -0.4 is 0 Å². The van der Waals surface area contributed by atoms with Crippen LogP contribution in [0.2, 0.25) is 0 Å². The minimum atomic E-state index is -4.80. The Morgan fingerprint density at radius 2 is 1.95 bits per heavy atom. The van der Waals surface area contributed by atoms with Gasteiger partial charge in [-0.2, -0.15) is 13.2 Å². The monoisotopic (exact) mass is 361 g/mol. The van der Waals surface area contributed by atoms with Gasteiger partial charge in [-0.15, -0.1) is 0 Å². The van der Waals surface area contributed by atoms with Gasteiger partial charge in [0.15, 0.2) is 11.5 Å². The summed E-state index contributed by atoms with van der Waals surface area (Å²) >= 11 is 3.27. The third-order valence-electron chi connectivity index (χ3n) is 3.27. The summed E-state index contributed by atoms with van der Waals surface area (Å²) < 4.78 is 38.9. The second kappa shape index (κ2) is 6.01. The van der Waals surface area contributed by atoms with E-state index >= 15 is 0 Å². The predicted molar refractivity (Wildman–Crippen MR) is 75.1 cm³/mol. The largest absolute Gasteiger partial charge is 0.433 e. The first-order valence-corrected chi connectivity index (χ1v) is 6.91. The average Bonchev–Trinajstić information content (AvgIpc) is 2.74. The molecule has 1 aliphatic rings. The van der Waals surface area contributed by atoms with Crippen LogP contribution in [0, 0.1) is 5.92 Å². The fourth-order valence-corrected chi connectivity index (χ4v) is 2.53. The second-order valence-corrected chi connectivity index (χ2v) is 5.58. The van der Waals surface area contributed by atoms with Crippen molar-refractivity contribution in [2.24, 2.45) is 11.1 Å². The minimum Gasteiger partial charge on any atom is -0.411 e. The van der Waals surface area contributed by atoms with Crippen LogP contribution in [0.1, 0.15) is 18.4 Å². The number of rotatable bonds is 2. The summed E-state index contributed by atoms with van der Waals surface area (Å²) in [6, 6.07) is 7.06. The van der Waals surface area contributed by atoms with Crippen LogP contribution in [0.25, 0.3) is 6.08 Å². The second-order valence-electron chi connectivity index (χ2n) is 4.66. The standard InChI is InChI=1S/C14H11BrF3NO2/c15-10-4-1-8(2-5-10)7-9-3-6-11(12(9)20)13(19-21)14(16,17)18/h1-2,4-5,7,11,21H,3,6H2/b9-7-,19-13-. The summed E-state index contributed by atoms with van der Waals surface area (Å²) in [4.78, 5) is 12.1. The van der Waals surface area contributed by atoms with Crippen molar-refractivity contribution in [2.45, 2.75) is 19.0 Å². The van der Waals surface area contributed by atoms with Crippen LogP contribution in [0.5, 0.6) is 0 Å². The van der Waals surface area contributed by atoms with Crippen molar-refractivity contribution in [1.29, 1.82) is 0 Å². The molecule has 7 heteroatoms. The van der Waals surface area contributed by atoms with Crippen LogP contribution in [0.3, 0.4) is 0 Å². The first kappa shape index (κ1) is 15.8. The lowest BCUT2D eigenvalue weighted by Gasteiger charge is -2.12. The molecule has 3 nitrogen and oxygen atoms in total. The van der Waals surface area contributed by atoms with E-state index in [0.717, 1.165) is 10.0 Å². The summed E-state index contributed by atoms with van der Waals surface area (Å²) in [7, 11) is 0. The van der Waals surface area contributed by atoms with E-state index in [0.29, 0.717) is 5.57 Å². The molecule has 0 aliphatic heterocycles. The molecule has 0 bridgehead atoms. The van der Waals surface area contributed by atoms with Crippen molar-refractivity contribution in [3.8, 4) is 0 Å². The zero-order valence-electron chi connectivity index (χ0n) is 10.7. The van der Waals surface area contributed by atoms with Gasteiger partial charge in [0, 0.05) is 4.47 Å². The van der Waals surface area contributed by atoms with E-state index in [4.69, 9.17) is 5.21 Å². The number of nitrogens with zero attached hydrogens (tertiary/aromatic N) is 1. The number of carbonyl (C=O) groups is 1. The lowest BCUT2D eigenvalue weighted by atomic mass is 9.99. The maximum Gasteiger partial charge on any atom is 0.433 e. The van der Waals surface area contributed by atoms with E-state index in [9.17, 15) is 18.0 Å². The van der Waals surface area contributed by atoms with Gasteiger partial charge in [0.1, 0.15) is 0 Å². The topological polar surface area (TPSA) is 49.7 Å². The Morgan fingerprint density at radius 1 is 1.33 bits per heavy atom. The number of halogens is 4. The van der Waals surface area contributed by atoms with Crippen molar-refractivity contribution >= 4 is 33.5 Å². The highest BCUT2D eigenvalue weighted by Crippen LogP contribution is 2.34. The molecule has 0 amide bonds. The molecule has 2 rings (SSSR count). The van der Waals surface area contributed by atoms with Gasteiger partial charge in [0.05, 0.1) is 5.92 Å². The van der Waals surface area contributed by atoms with E-state index in [-0.39, 0.29) is 12.8 Å². The van der Waals surface area contributed by atoms with Crippen LogP contribution in [-0.4, -0.2) is 22.9 Å². The first-order valence-electron chi connectivity index (χ1n) is 6.12. The zero-order chi connectivity index (χ0) is 15.6. The number of allylic oxidation sites excluding steroid dienone is 1. The molecule has 0 heterocycles. The molecule has 1 saturated carbocycles. The molecular formula is C14H11BrF3NO2. The van der Waals surface area contributed by atoms with Gasteiger partial charge in [-0.1, -0.05) is 33.2 Å². The number of alkyl halides is 3. The van der Waals surface area contributed by atoms with Crippen molar-refractivity contribution in [3.05, 3.63) is 39.9 Å². The molecule has 1 N–H and O–H groups in total. The molecule has 21 heavy (non-hydrogen) atoms. The fourth-order valence-electron chi connectivity index (χ4n) is 2.27. The molecule has 0 aromatic heterocycles. The number of ketones is 1. The molecule has 1 aromatic carbocycles. The van der Waals surface area contributed by atoms with Gasteiger partial charge in [0.2, 0.25) is 0 Å². The SMILES string of the molecule is O=C1/C(=C\c2ccc(Br)cc2)CCC1/C(=N/O)C(F)(F)F. The minimum absolute atomic E-state index is 0.0000972. The molecule has 1 unspecified atom stereocenters. The third kappa shape index (κ3) is 3.53. The summed E-state index contributed by atoms with van der Waals surface area (Å²) in [6.07, 6.45) is -3.00. The van der Waals surface area contributed by atoms with Crippen LogP contribution >= 0.6 is 15.9 Å². The number of Topliss-reactive ketones (excluding diaryl/α,β-unsaturated/α-hetero) is 1. The molecule has 1 aromatic rings. The lowest BCUT2D eigenvalue weighted by Crippen LogP contribution is -2.33. The molecule has 112 valence electrons. The van der Waals surface area contributed by atoms with E-state index in [1.807, 2.05) is 0 Å². The molecule has 0 spiro atoms. The van der Waals surface area contributed by atoms with Gasteiger partial charge >= 0.3 is 6.18 Å². The molecule has 1 atom stereocenters. The Morgan fingerprint density at radius 3 is 2.48 bits per heavy atom. The molecule has 0 radical (unpaired) electrons. The summed E-state index contributed by atoms with van der Waals surface area (Å²) in [6.45, 7) is 0. The Bertz CT molecular complexity index is 606. The Balaban J connectivity index is 2.24. The smallest absolute Gasteiger partial charge is 0.411 e. The van der Waals surface area contributed by atoms with E-state index in [1.54, 1.807) is 30.3 Å². The normalized spacial score (nSPS) is 22.1. The number of hydrogen-bond donors (Lipinski definition) is 1. The predicted octanol–water partition coefficient (Wildman–Crippen LogP) is 4.20. The van der Waals surface area contributed by atoms with Gasteiger partial charge in [-0.05, 0) is 42.2 Å². The van der Waals surface area contributed by atoms with Gasteiger partial charge in [-0.25, -0.2) is 0 Å². The van der Waals surface area contributed by atoms with Crippen LogP contribution in [0.4, 0.5) is 13.2 Å². The molecule has 1 aliphatic carbocycles. The Labute approximate surface area is 127 Å². The number of oxime groups is 1. The van der Waals surface area contributed by atoms with Gasteiger partial charge < -0.3 is 5.21 Å². The van der Waals surface area contributed by atoms with Crippen molar-refractivity contribution < 1.29 is 23.2 Å². The van der Waals surface area contributed by atoms with E-state index in [2.05, 4.69) is 21.1 Å². The summed E-state index contributed by atoms with van der Waals surface area (Å²) in [5.74, 6) is -2.06. The summed E-state index contributed by atoms with van der Waals surface area (Å²) in [5, 5.41) is 10.8. The first-order chi connectivity index (χ1) is 9.82. The van der Waals surface area contributed by atoms with Crippen LogP contribution in [-0.2, 0) is 4.79 Å². The number of carbonyl (C=O) groups excluding carboxylic acids is 1. The van der Waals surface area contributed by atoms with Crippen LogP contribution in [0.15, 0.2) is 39.5 Å². The highest BCUT2D eigenvalue weighted by atomic mass is 79.9. The third-order valence-corrected chi connectivity index (χ3v) is 3.80. The number of hydrogen-bond acceptors (Lipinski definition) is 3. The highest BCUT2D eigenvalue weighted by molar-refractivity contribution is 9.10. The van der Waals surface area contributed by atoms with Gasteiger partial charge in [-0.3, -0.25) is 4.79 Å². The maximum atomic E-state index is 12.7. The maximum absolute atomic E-state index is 12.7. The zero-order valence-corrected chi connectivity index (χ0v) is 12.3. The van der Waals surface area contributed by atoms with Crippen molar-refractivity contribution in [3.63, 3.8) is 0 Å². The van der Waals surface area contributed by atoms with Crippen molar-refractivity contribution in [1.82, 2.24) is 0 Å². The van der Waals surface area contributed by atoms with E-state index < -0.39 is 23.6 Å². The number of benzene rings is 1. The average molecular weight is 362 g/mol. The highest BCUT2D eigenvalue weighted by Gasteiger charge is 2.47. The van der Waals surface area contributed by atoms with Gasteiger partial charge in [0.25, 0.3) is 0 Å². The Kier molecular flexibility index (Phi) is 4.51. The van der Waals surface area contributed by atoms with Crippen molar-refractivity contribution in [2.75, 3.05) is 0 Å².